The van der Waals surface area contributed by atoms with E-state index >= 15 is 0 Å². The Balaban J connectivity index is 1.84. The molecule has 0 amide bonds. The van der Waals surface area contributed by atoms with Crippen molar-refractivity contribution in [2.75, 3.05) is 0 Å². The molecule has 0 saturated carbocycles. The molecule has 2 aromatic carbocycles. The first kappa shape index (κ1) is 18.4. The Morgan fingerprint density at radius 1 is 1.04 bits per heavy atom. The zero-order valence-corrected chi connectivity index (χ0v) is 15.9. The van der Waals surface area contributed by atoms with E-state index < -0.39 is 10.0 Å². The van der Waals surface area contributed by atoms with Crippen LogP contribution >= 0.6 is 0 Å². The minimum absolute atomic E-state index is 0.0620. The summed E-state index contributed by atoms with van der Waals surface area (Å²) < 4.78 is 27.5. The van der Waals surface area contributed by atoms with Crippen LogP contribution < -0.4 is 10.3 Å². The highest BCUT2D eigenvalue weighted by Crippen LogP contribution is 2.18. The molecule has 136 valence electrons. The van der Waals surface area contributed by atoms with Crippen molar-refractivity contribution in [2.24, 2.45) is 0 Å². The van der Waals surface area contributed by atoms with Gasteiger partial charge in [0.05, 0.1) is 4.90 Å². The molecule has 0 atom stereocenters. The molecule has 1 aromatic heterocycles. The Bertz CT molecular complexity index is 1100. The number of hydrogen-bond donors (Lipinski definition) is 2. The van der Waals surface area contributed by atoms with E-state index in [1.807, 2.05) is 37.3 Å². The lowest BCUT2D eigenvalue weighted by Gasteiger charge is -2.09. The van der Waals surface area contributed by atoms with Gasteiger partial charge in [0.25, 0.3) is 5.56 Å². The lowest BCUT2D eigenvalue weighted by Crippen LogP contribution is -2.27. The summed E-state index contributed by atoms with van der Waals surface area (Å²) >= 11 is 0. The van der Waals surface area contributed by atoms with Crippen molar-refractivity contribution >= 4 is 20.9 Å². The number of aryl methyl sites for hydroxylation is 1. The largest absolute Gasteiger partial charge is 0.322 e. The maximum atomic E-state index is 12.5. The second kappa shape index (κ2) is 7.05. The third kappa shape index (κ3) is 3.86. The maximum absolute atomic E-state index is 12.5. The Morgan fingerprint density at radius 2 is 1.73 bits per heavy atom. The van der Waals surface area contributed by atoms with Crippen LogP contribution in [0.5, 0.6) is 0 Å². The molecular formula is C20H22N2O3S. The Labute approximate surface area is 153 Å². The molecule has 0 aliphatic carbocycles. The van der Waals surface area contributed by atoms with E-state index in [9.17, 15) is 13.2 Å². The highest BCUT2D eigenvalue weighted by Gasteiger charge is 2.15. The number of nitrogens with one attached hydrogen (secondary N) is 2. The van der Waals surface area contributed by atoms with Gasteiger partial charge in [0.15, 0.2) is 0 Å². The fraction of sp³-hybridized carbons (Fsp3) is 0.250. The molecule has 0 bridgehead atoms. The van der Waals surface area contributed by atoms with Crippen LogP contribution in [-0.4, -0.2) is 13.4 Å². The summed E-state index contributed by atoms with van der Waals surface area (Å²) in [6.45, 7) is 6.01. The second-order valence-electron chi connectivity index (χ2n) is 6.76. The number of aromatic amines is 1. The first-order chi connectivity index (χ1) is 12.3. The molecule has 26 heavy (non-hydrogen) atoms. The van der Waals surface area contributed by atoms with E-state index in [4.69, 9.17) is 0 Å². The third-order valence-corrected chi connectivity index (χ3v) is 5.80. The zero-order valence-electron chi connectivity index (χ0n) is 15.0. The lowest BCUT2D eigenvalue weighted by atomic mass is 10.0. The lowest BCUT2D eigenvalue weighted by molar-refractivity contribution is 0.581. The molecule has 0 radical (unpaired) electrons. The van der Waals surface area contributed by atoms with E-state index in [0.29, 0.717) is 11.5 Å². The number of rotatable bonds is 5. The number of pyridine rings is 1. The first-order valence-corrected chi connectivity index (χ1v) is 9.97. The fourth-order valence-corrected chi connectivity index (χ4v) is 3.80. The molecular weight excluding hydrogens is 348 g/mol. The summed E-state index contributed by atoms with van der Waals surface area (Å²) in [6, 6.07) is 14.2. The minimum atomic E-state index is -3.68. The molecule has 2 N–H and O–H groups in total. The van der Waals surface area contributed by atoms with Crippen molar-refractivity contribution in [3.8, 4) is 0 Å². The van der Waals surface area contributed by atoms with Crippen LogP contribution in [0.1, 0.15) is 36.5 Å². The predicted molar refractivity (Wildman–Crippen MR) is 104 cm³/mol. The van der Waals surface area contributed by atoms with Gasteiger partial charge in [0.1, 0.15) is 0 Å². The van der Waals surface area contributed by atoms with E-state index in [0.717, 1.165) is 22.0 Å². The van der Waals surface area contributed by atoms with Crippen LogP contribution in [0.4, 0.5) is 0 Å². The summed E-state index contributed by atoms with van der Waals surface area (Å²) in [5.74, 6) is 0.333. The first-order valence-electron chi connectivity index (χ1n) is 8.48. The number of sulfonamides is 1. The molecule has 0 unspecified atom stereocenters. The van der Waals surface area contributed by atoms with Crippen LogP contribution in [0.25, 0.3) is 10.9 Å². The molecule has 0 aliphatic rings. The van der Waals surface area contributed by atoms with E-state index in [2.05, 4.69) is 23.6 Å². The van der Waals surface area contributed by atoms with E-state index in [-0.39, 0.29) is 17.0 Å². The van der Waals surface area contributed by atoms with Gasteiger partial charge in [-0.3, -0.25) is 4.79 Å². The van der Waals surface area contributed by atoms with E-state index in [1.54, 1.807) is 18.2 Å². The standard InChI is InChI=1S/C20H22N2O3S/c1-13(2)15-5-7-18(8-6-15)26(24,25)21-12-17-11-16-10-14(3)4-9-19(16)22-20(17)23/h4-11,13,21H,12H2,1-3H3,(H,22,23). The van der Waals surface area contributed by atoms with Gasteiger partial charge in [-0.15, -0.1) is 0 Å². The number of benzene rings is 2. The minimum Gasteiger partial charge on any atom is -0.322 e. The topological polar surface area (TPSA) is 79.0 Å². The van der Waals surface area contributed by atoms with Crippen LogP contribution in [0, 0.1) is 6.92 Å². The molecule has 6 heteroatoms. The van der Waals surface area contributed by atoms with E-state index in [1.165, 1.54) is 0 Å². The summed E-state index contributed by atoms with van der Waals surface area (Å²) in [5.41, 5.74) is 2.97. The molecule has 3 aromatic rings. The van der Waals surface area contributed by atoms with Crippen LogP contribution in [-0.2, 0) is 16.6 Å². The average Bonchev–Trinajstić information content (AvgIpc) is 2.60. The van der Waals surface area contributed by atoms with Gasteiger partial charge in [-0.05, 0) is 54.1 Å². The second-order valence-corrected chi connectivity index (χ2v) is 8.53. The van der Waals surface area contributed by atoms with Crippen molar-refractivity contribution in [1.82, 2.24) is 9.71 Å². The van der Waals surface area contributed by atoms with Gasteiger partial charge >= 0.3 is 0 Å². The molecule has 3 rings (SSSR count). The normalized spacial score (nSPS) is 12.0. The Kier molecular flexibility index (Phi) is 4.98. The highest BCUT2D eigenvalue weighted by molar-refractivity contribution is 7.89. The number of aromatic nitrogens is 1. The molecule has 1 heterocycles. The fourth-order valence-electron chi connectivity index (χ4n) is 2.79. The molecule has 0 spiro atoms. The SMILES string of the molecule is Cc1ccc2[nH]c(=O)c(CNS(=O)(=O)c3ccc(C(C)C)cc3)cc2c1. The van der Waals surface area contributed by atoms with Crippen molar-refractivity contribution in [1.29, 1.82) is 0 Å². The van der Waals surface area contributed by atoms with Crippen molar-refractivity contribution in [3.63, 3.8) is 0 Å². The van der Waals surface area contributed by atoms with Crippen molar-refractivity contribution in [2.45, 2.75) is 38.1 Å². The van der Waals surface area contributed by atoms with Gasteiger partial charge in [-0.1, -0.05) is 37.6 Å². The van der Waals surface area contributed by atoms with Crippen LogP contribution in [0.2, 0.25) is 0 Å². The molecule has 0 fully saturated rings. The molecule has 0 aliphatic heterocycles. The van der Waals surface area contributed by atoms with Crippen molar-refractivity contribution < 1.29 is 8.42 Å². The summed E-state index contributed by atoms with van der Waals surface area (Å²) in [6.07, 6.45) is 0. The Hall–Kier alpha value is -2.44. The molecule has 0 saturated heterocycles. The quantitative estimate of drug-likeness (QED) is 0.722. The summed E-state index contributed by atoms with van der Waals surface area (Å²) in [5, 5.41) is 0.875. The Morgan fingerprint density at radius 3 is 2.38 bits per heavy atom. The van der Waals surface area contributed by atoms with Gasteiger partial charge in [-0.25, -0.2) is 13.1 Å². The third-order valence-electron chi connectivity index (χ3n) is 4.39. The summed E-state index contributed by atoms with van der Waals surface area (Å²) in [7, 11) is -3.68. The molecule has 5 nitrogen and oxygen atoms in total. The monoisotopic (exact) mass is 370 g/mol. The van der Waals surface area contributed by atoms with Gasteiger partial charge < -0.3 is 4.98 Å². The van der Waals surface area contributed by atoms with Crippen LogP contribution in [0.15, 0.2) is 58.2 Å². The number of H-pyrrole nitrogens is 1. The average molecular weight is 370 g/mol. The van der Waals surface area contributed by atoms with Gasteiger partial charge in [0.2, 0.25) is 10.0 Å². The predicted octanol–water partition coefficient (Wildman–Crippen LogP) is 3.44. The maximum Gasteiger partial charge on any atom is 0.252 e. The smallest absolute Gasteiger partial charge is 0.252 e. The number of fused-ring (bicyclic) bond motifs is 1. The summed E-state index contributed by atoms with van der Waals surface area (Å²) in [4.78, 5) is 15.2. The van der Waals surface area contributed by atoms with Gasteiger partial charge in [0, 0.05) is 17.6 Å². The van der Waals surface area contributed by atoms with Crippen LogP contribution in [0.3, 0.4) is 0 Å². The zero-order chi connectivity index (χ0) is 18.9. The van der Waals surface area contributed by atoms with Crippen molar-refractivity contribution in [3.05, 3.63) is 75.6 Å². The number of hydrogen-bond acceptors (Lipinski definition) is 3. The van der Waals surface area contributed by atoms with Gasteiger partial charge in [-0.2, -0.15) is 0 Å². The highest BCUT2D eigenvalue weighted by atomic mass is 32.2.